The van der Waals surface area contributed by atoms with Crippen molar-refractivity contribution in [2.24, 2.45) is 0 Å². The zero-order valence-corrected chi connectivity index (χ0v) is 17.1. The summed E-state index contributed by atoms with van der Waals surface area (Å²) in [5, 5.41) is 0. The number of ketones is 2. The highest BCUT2D eigenvalue weighted by Gasteiger charge is 2.07. The van der Waals surface area contributed by atoms with Crippen molar-refractivity contribution in [1.82, 2.24) is 4.98 Å². The van der Waals surface area contributed by atoms with E-state index in [9.17, 15) is 9.59 Å². The molecular formula is C23H22BrNO2. The van der Waals surface area contributed by atoms with E-state index in [0.717, 1.165) is 15.6 Å². The first kappa shape index (κ1) is 20.7. The zero-order chi connectivity index (χ0) is 19.6. The van der Waals surface area contributed by atoms with Crippen molar-refractivity contribution in [2.45, 2.75) is 26.7 Å². The van der Waals surface area contributed by atoms with E-state index in [-0.39, 0.29) is 11.6 Å². The Bertz CT molecular complexity index is 873. The summed E-state index contributed by atoms with van der Waals surface area (Å²) in [4.78, 5) is 26.6. The minimum Gasteiger partial charge on any atom is -0.300 e. The highest BCUT2D eigenvalue weighted by atomic mass is 79.9. The molecule has 0 aliphatic rings. The Hall–Kier alpha value is -2.59. The molecule has 2 aromatic carbocycles. The number of nitrogens with zero attached hydrogens (tertiary/aromatic N) is 1. The number of hydrogen-bond donors (Lipinski definition) is 0. The van der Waals surface area contributed by atoms with Crippen molar-refractivity contribution in [3.05, 3.63) is 88.7 Å². The Labute approximate surface area is 168 Å². The van der Waals surface area contributed by atoms with E-state index in [2.05, 4.69) is 20.9 Å². The van der Waals surface area contributed by atoms with Gasteiger partial charge in [-0.3, -0.25) is 9.78 Å². The molecule has 3 aromatic rings. The Kier molecular flexibility index (Phi) is 8.08. The van der Waals surface area contributed by atoms with Gasteiger partial charge in [-0.1, -0.05) is 54.6 Å². The molecule has 0 bridgehead atoms. The number of pyridine rings is 1. The Morgan fingerprint density at radius 1 is 0.889 bits per heavy atom. The summed E-state index contributed by atoms with van der Waals surface area (Å²) in [6.07, 6.45) is 4.21. The fourth-order valence-corrected chi connectivity index (χ4v) is 2.91. The number of halogens is 1. The lowest BCUT2D eigenvalue weighted by atomic mass is 10.0. The van der Waals surface area contributed by atoms with Crippen LogP contribution in [-0.4, -0.2) is 16.6 Å². The number of carbonyl (C=O) groups excluding carboxylic acids is 2. The molecule has 3 rings (SSSR count). The van der Waals surface area contributed by atoms with Crippen LogP contribution >= 0.6 is 15.9 Å². The first-order valence-electron chi connectivity index (χ1n) is 8.71. The molecule has 3 nitrogen and oxygen atoms in total. The van der Waals surface area contributed by atoms with Gasteiger partial charge in [0.05, 0.1) is 0 Å². The summed E-state index contributed by atoms with van der Waals surface area (Å²) in [6, 6.07) is 19.6. The number of benzene rings is 2. The summed E-state index contributed by atoms with van der Waals surface area (Å²) in [7, 11) is 0. The molecule has 138 valence electrons. The van der Waals surface area contributed by atoms with Crippen LogP contribution in [0.1, 0.15) is 35.7 Å². The number of aryl methyl sites for hydroxylation is 1. The second-order valence-electron chi connectivity index (χ2n) is 6.25. The fraction of sp³-hybridized carbons (Fsp3) is 0.174. The molecule has 1 heterocycles. The van der Waals surface area contributed by atoms with Crippen LogP contribution in [0.2, 0.25) is 0 Å². The van der Waals surface area contributed by atoms with E-state index >= 15 is 0 Å². The van der Waals surface area contributed by atoms with E-state index < -0.39 is 0 Å². The number of Topliss-reactive ketones (excluding diaryl/α,β-unsaturated/α-hetero) is 2. The molecule has 0 saturated carbocycles. The van der Waals surface area contributed by atoms with Gasteiger partial charge in [-0.2, -0.15) is 0 Å². The first-order chi connectivity index (χ1) is 13.0. The minimum absolute atomic E-state index is 0.0230. The van der Waals surface area contributed by atoms with Crippen LogP contribution in [0.25, 0.3) is 11.1 Å². The van der Waals surface area contributed by atoms with Gasteiger partial charge in [-0.25, -0.2) is 0 Å². The maximum absolute atomic E-state index is 11.8. The van der Waals surface area contributed by atoms with Crippen LogP contribution in [0, 0.1) is 6.92 Å². The van der Waals surface area contributed by atoms with Gasteiger partial charge >= 0.3 is 0 Å². The molecule has 27 heavy (non-hydrogen) atoms. The van der Waals surface area contributed by atoms with Crippen LogP contribution in [0.4, 0.5) is 0 Å². The van der Waals surface area contributed by atoms with Crippen LogP contribution in [-0.2, 0) is 4.79 Å². The summed E-state index contributed by atoms with van der Waals surface area (Å²) >= 11 is 3.30. The number of aromatic nitrogens is 1. The standard InChI is InChI=1S/C17H16O2.C6H6BrN/c1-13(18)7-12-17(19)16-10-8-15(9-11-16)14-5-3-2-4-6-14;1-5-2-6(7)4-8-3-5/h2-6,8-11H,7,12H2,1H3;2-4H,1H3. The largest absolute Gasteiger partial charge is 0.300 e. The molecule has 0 radical (unpaired) electrons. The molecular weight excluding hydrogens is 402 g/mol. The molecule has 0 saturated heterocycles. The molecule has 0 amide bonds. The third-order valence-corrected chi connectivity index (χ3v) is 4.29. The second kappa shape index (κ2) is 10.5. The molecule has 0 fully saturated rings. The fourth-order valence-electron chi connectivity index (χ4n) is 2.43. The average Bonchev–Trinajstić information content (AvgIpc) is 2.67. The summed E-state index contributed by atoms with van der Waals surface area (Å²) in [5.41, 5.74) is 4.06. The predicted molar refractivity (Wildman–Crippen MR) is 113 cm³/mol. The second-order valence-corrected chi connectivity index (χ2v) is 7.16. The van der Waals surface area contributed by atoms with Gasteiger partial charge in [-0.05, 0) is 52.5 Å². The van der Waals surface area contributed by atoms with E-state index in [1.807, 2.05) is 73.8 Å². The molecule has 1 aromatic heterocycles. The van der Waals surface area contributed by atoms with Gasteiger partial charge in [0.25, 0.3) is 0 Å². The van der Waals surface area contributed by atoms with Crippen molar-refractivity contribution in [3.63, 3.8) is 0 Å². The van der Waals surface area contributed by atoms with E-state index in [1.54, 1.807) is 6.20 Å². The van der Waals surface area contributed by atoms with Gasteiger partial charge in [0.2, 0.25) is 0 Å². The van der Waals surface area contributed by atoms with Gasteiger partial charge in [0, 0.05) is 35.3 Å². The smallest absolute Gasteiger partial charge is 0.163 e. The van der Waals surface area contributed by atoms with Gasteiger partial charge in [-0.15, -0.1) is 0 Å². The van der Waals surface area contributed by atoms with Crippen molar-refractivity contribution >= 4 is 27.5 Å². The molecule has 4 heteroatoms. The average molecular weight is 424 g/mol. The van der Waals surface area contributed by atoms with Crippen molar-refractivity contribution in [2.75, 3.05) is 0 Å². The predicted octanol–water partition coefficient (Wildman–Crippen LogP) is 6.06. The summed E-state index contributed by atoms with van der Waals surface area (Å²) in [6.45, 7) is 3.52. The summed E-state index contributed by atoms with van der Waals surface area (Å²) in [5.74, 6) is 0.0732. The Morgan fingerprint density at radius 2 is 1.52 bits per heavy atom. The van der Waals surface area contributed by atoms with Gasteiger partial charge < -0.3 is 4.79 Å². The van der Waals surface area contributed by atoms with Crippen LogP contribution in [0.15, 0.2) is 77.5 Å². The minimum atomic E-state index is 0.0230. The molecule has 0 atom stereocenters. The van der Waals surface area contributed by atoms with Crippen LogP contribution in [0.3, 0.4) is 0 Å². The van der Waals surface area contributed by atoms with Crippen molar-refractivity contribution in [1.29, 1.82) is 0 Å². The molecule has 0 aliphatic heterocycles. The Morgan fingerprint density at radius 3 is 2.04 bits per heavy atom. The maximum atomic E-state index is 11.8. The van der Waals surface area contributed by atoms with E-state index in [0.29, 0.717) is 18.4 Å². The lowest BCUT2D eigenvalue weighted by Gasteiger charge is -2.03. The first-order valence-corrected chi connectivity index (χ1v) is 9.50. The maximum Gasteiger partial charge on any atom is 0.163 e. The van der Waals surface area contributed by atoms with Gasteiger partial charge in [0.1, 0.15) is 5.78 Å². The lowest BCUT2D eigenvalue weighted by Crippen LogP contribution is -2.01. The van der Waals surface area contributed by atoms with Crippen LogP contribution in [0.5, 0.6) is 0 Å². The van der Waals surface area contributed by atoms with Crippen molar-refractivity contribution in [3.8, 4) is 11.1 Å². The SMILES string of the molecule is CC(=O)CCC(=O)c1ccc(-c2ccccc2)cc1.Cc1cncc(Br)c1. The third-order valence-electron chi connectivity index (χ3n) is 3.86. The summed E-state index contributed by atoms with van der Waals surface area (Å²) < 4.78 is 1.04. The number of carbonyl (C=O) groups is 2. The molecule has 0 aliphatic carbocycles. The zero-order valence-electron chi connectivity index (χ0n) is 15.5. The Balaban J connectivity index is 0.000000273. The van der Waals surface area contributed by atoms with E-state index in [4.69, 9.17) is 0 Å². The molecule has 0 N–H and O–H groups in total. The highest BCUT2D eigenvalue weighted by Crippen LogP contribution is 2.19. The van der Waals surface area contributed by atoms with E-state index in [1.165, 1.54) is 12.5 Å². The highest BCUT2D eigenvalue weighted by molar-refractivity contribution is 9.10. The van der Waals surface area contributed by atoms with Crippen molar-refractivity contribution < 1.29 is 9.59 Å². The molecule has 0 spiro atoms. The monoisotopic (exact) mass is 423 g/mol. The number of rotatable bonds is 5. The van der Waals surface area contributed by atoms with Crippen LogP contribution < -0.4 is 0 Å². The topological polar surface area (TPSA) is 47.0 Å². The normalized spacial score (nSPS) is 9.89. The third kappa shape index (κ3) is 7.27. The lowest BCUT2D eigenvalue weighted by molar-refractivity contribution is -0.116. The quantitative estimate of drug-likeness (QED) is 0.468. The van der Waals surface area contributed by atoms with Gasteiger partial charge in [0.15, 0.2) is 5.78 Å². The number of hydrogen-bond acceptors (Lipinski definition) is 3. The molecule has 0 unspecified atom stereocenters.